The fourth-order valence-electron chi connectivity index (χ4n) is 0.998. The summed E-state index contributed by atoms with van der Waals surface area (Å²) in [7, 11) is -4.00. The molecule has 0 bridgehead atoms. The van der Waals surface area contributed by atoms with E-state index >= 15 is 0 Å². The molecule has 0 unspecified atom stereocenters. The minimum atomic E-state index is -4.00. The van der Waals surface area contributed by atoms with Crippen LogP contribution in [-0.4, -0.2) is 18.7 Å². The van der Waals surface area contributed by atoms with Gasteiger partial charge in [-0.1, -0.05) is 40.9 Å². The maximum Gasteiger partial charge on any atom is 0.265 e. The van der Waals surface area contributed by atoms with Crippen LogP contribution in [0.5, 0.6) is 0 Å². The van der Waals surface area contributed by atoms with Crippen LogP contribution in [0.4, 0.5) is 0 Å². The molecule has 1 aromatic carbocycles. The quantitative estimate of drug-likeness (QED) is 0.687. The summed E-state index contributed by atoms with van der Waals surface area (Å²) in [6.45, 7) is 0. The van der Waals surface area contributed by atoms with E-state index in [-0.39, 0.29) is 16.5 Å². The first-order chi connectivity index (χ1) is 6.81. The Hall–Kier alpha value is -0.000000000000000167. The highest BCUT2D eigenvalue weighted by Crippen LogP contribution is 2.32. The summed E-state index contributed by atoms with van der Waals surface area (Å²) < 4.78 is 29.6. The molecule has 1 rings (SSSR count). The summed E-state index contributed by atoms with van der Waals surface area (Å²) >= 11 is 17.3. The van der Waals surface area contributed by atoms with E-state index in [0.717, 1.165) is 0 Å². The van der Waals surface area contributed by atoms with Gasteiger partial charge in [0.25, 0.3) is 10.1 Å². The summed E-state index contributed by atoms with van der Waals surface area (Å²) in [5.74, 6) is -0.398. The lowest BCUT2D eigenvalue weighted by Crippen LogP contribution is -2.06. The molecule has 0 saturated carbocycles. The maximum absolute atomic E-state index is 10.5. The standard InChI is InChI=1S/C8H7Cl3O3S/c9-6-2-1-5(7(10)8(6)11)3-4-15(12,13)14/h1-2H,3-4H2,(H,12,13,14). The molecule has 3 nitrogen and oxygen atoms in total. The van der Waals surface area contributed by atoms with Crippen LogP contribution in [0.15, 0.2) is 12.1 Å². The fourth-order valence-corrected chi connectivity index (χ4v) is 2.13. The Morgan fingerprint density at radius 3 is 2.27 bits per heavy atom. The van der Waals surface area contributed by atoms with Crippen molar-refractivity contribution in [2.45, 2.75) is 6.42 Å². The van der Waals surface area contributed by atoms with Gasteiger partial charge in [-0.15, -0.1) is 0 Å². The van der Waals surface area contributed by atoms with Gasteiger partial charge in [0.2, 0.25) is 0 Å². The van der Waals surface area contributed by atoms with E-state index in [0.29, 0.717) is 10.6 Å². The minimum Gasteiger partial charge on any atom is -0.286 e. The molecule has 1 N–H and O–H groups in total. The van der Waals surface area contributed by atoms with Crippen molar-refractivity contribution in [2.75, 3.05) is 5.75 Å². The Labute approximate surface area is 103 Å². The van der Waals surface area contributed by atoms with E-state index in [1.165, 1.54) is 6.07 Å². The number of benzene rings is 1. The van der Waals surface area contributed by atoms with Crippen LogP contribution >= 0.6 is 34.8 Å². The first-order valence-electron chi connectivity index (χ1n) is 3.89. The van der Waals surface area contributed by atoms with Gasteiger partial charge in [0.1, 0.15) is 0 Å². The van der Waals surface area contributed by atoms with Crippen LogP contribution in [0.2, 0.25) is 15.1 Å². The smallest absolute Gasteiger partial charge is 0.265 e. The Morgan fingerprint density at radius 2 is 1.73 bits per heavy atom. The van der Waals surface area contributed by atoms with Gasteiger partial charge < -0.3 is 0 Å². The van der Waals surface area contributed by atoms with Gasteiger partial charge >= 0.3 is 0 Å². The van der Waals surface area contributed by atoms with Crippen LogP contribution in [0.25, 0.3) is 0 Å². The second kappa shape index (κ2) is 4.89. The molecule has 0 aromatic heterocycles. The fraction of sp³-hybridized carbons (Fsp3) is 0.250. The van der Waals surface area contributed by atoms with E-state index in [1.54, 1.807) is 6.07 Å². The summed E-state index contributed by atoms with van der Waals surface area (Å²) in [5, 5.41) is 0.705. The Morgan fingerprint density at radius 1 is 1.13 bits per heavy atom. The topological polar surface area (TPSA) is 54.4 Å². The van der Waals surface area contributed by atoms with Crippen LogP contribution in [-0.2, 0) is 16.5 Å². The van der Waals surface area contributed by atoms with Gasteiger partial charge in [0.05, 0.1) is 20.8 Å². The lowest BCUT2D eigenvalue weighted by molar-refractivity contribution is 0.482. The number of aryl methyl sites for hydroxylation is 1. The van der Waals surface area contributed by atoms with Gasteiger partial charge in [-0.3, -0.25) is 4.55 Å². The van der Waals surface area contributed by atoms with Gasteiger partial charge in [-0.2, -0.15) is 8.42 Å². The number of rotatable bonds is 3. The number of hydrogen-bond acceptors (Lipinski definition) is 2. The van der Waals surface area contributed by atoms with E-state index < -0.39 is 15.9 Å². The van der Waals surface area contributed by atoms with Gasteiger partial charge in [0.15, 0.2) is 0 Å². The van der Waals surface area contributed by atoms with Crippen molar-refractivity contribution in [3.63, 3.8) is 0 Å². The van der Waals surface area contributed by atoms with Crippen LogP contribution < -0.4 is 0 Å². The molecule has 0 saturated heterocycles. The minimum absolute atomic E-state index is 0.0918. The van der Waals surface area contributed by atoms with Crippen molar-refractivity contribution in [3.8, 4) is 0 Å². The maximum atomic E-state index is 10.5. The van der Waals surface area contributed by atoms with E-state index in [4.69, 9.17) is 39.4 Å². The monoisotopic (exact) mass is 288 g/mol. The molecule has 0 atom stereocenters. The van der Waals surface area contributed by atoms with Gasteiger partial charge in [0, 0.05) is 0 Å². The normalized spacial score (nSPS) is 11.7. The first-order valence-corrected chi connectivity index (χ1v) is 6.63. The van der Waals surface area contributed by atoms with Crippen molar-refractivity contribution in [3.05, 3.63) is 32.8 Å². The lowest BCUT2D eigenvalue weighted by Gasteiger charge is -2.05. The summed E-state index contributed by atoms with van der Waals surface area (Å²) in [6, 6.07) is 3.09. The average Bonchev–Trinajstić information content (AvgIpc) is 2.12. The zero-order valence-corrected chi connectivity index (χ0v) is 10.5. The molecular formula is C8H7Cl3O3S. The zero-order chi connectivity index (χ0) is 11.6. The molecule has 0 aliphatic heterocycles. The Kier molecular flexibility index (Phi) is 4.26. The molecular weight excluding hydrogens is 283 g/mol. The van der Waals surface area contributed by atoms with E-state index in [2.05, 4.69) is 0 Å². The third kappa shape index (κ3) is 3.81. The molecule has 7 heteroatoms. The van der Waals surface area contributed by atoms with Crippen molar-refractivity contribution in [1.29, 1.82) is 0 Å². The molecule has 0 radical (unpaired) electrons. The first kappa shape index (κ1) is 13.1. The van der Waals surface area contributed by atoms with E-state index in [9.17, 15) is 8.42 Å². The van der Waals surface area contributed by atoms with Gasteiger partial charge in [-0.05, 0) is 18.1 Å². The van der Waals surface area contributed by atoms with Gasteiger partial charge in [-0.25, -0.2) is 0 Å². The highest BCUT2D eigenvalue weighted by atomic mass is 35.5. The zero-order valence-electron chi connectivity index (χ0n) is 7.37. The number of halogens is 3. The Bertz CT molecular complexity index is 470. The molecule has 0 amide bonds. The predicted molar refractivity (Wildman–Crippen MR) is 61.6 cm³/mol. The van der Waals surface area contributed by atoms with Crippen LogP contribution in [0.1, 0.15) is 5.56 Å². The predicted octanol–water partition coefficient (Wildman–Crippen LogP) is 3.08. The second-order valence-corrected chi connectivity index (χ2v) is 5.61. The van der Waals surface area contributed by atoms with Crippen molar-refractivity contribution < 1.29 is 13.0 Å². The largest absolute Gasteiger partial charge is 0.286 e. The highest BCUT2D eigenvalue weighted by Gasteiger charge is 2.11. The van der Waals surface area contributed by atoms with Crippen LogP contribution in [0, 0.1) is 0 Å². The summed E-state index contributed by atoms with van der Waals surface area (Å²) in [5.41, 5.74) is 0.531. The molecule has 0 heterocycles. The van der Waals surface area contributed by atoms with Crippen molar-refractivity contribution in [2.24, 2.45) is 0 Å². The third-order valence-corrected chi connectivity index (χ3v) is 3.80. The molecule has 0 fully saturated rings. The summed E-state index contributed by atoms with van der Waals surface area (Å²) in [4.78, 5) is 0. The molecule has 0 spiro atoms. The van der Waals surface area contributed by atoms with Crippen molar-refractivity contribution >= 4 is 44.9 Å². The molecule has 0 aliphatic carbocycles. The molecule has 84 valence electrons. The molecule has 0 aliphatic rings. The Balaban J connectivity index is 2.93. The average molecular weight is 290 g/mol. The van der Waals surface area contributed by atoms with Crippen LogP contribution in [0.3, 0.4) is 0 Å². The van der Waals surface area contributed by atoms with Crippen molar-refractivity contribution in [1.82, 2.24) is 0 Å². The highest BCUT2D eigenvalue weighted by molar-refractivity contribution is 7.85. The number of hydrogen-bond donors (Lipinski definition) is 1. The summed E-state index contributed by atoms with van der Waals surface area (Å²) in [6.07, 6.45) is 0.0918. The third-order valence-electron chi connectivity index (χ3n) is 1.74. The molecule has 15 heavy (non-hydrogen) atoms. The second-order valence-electron chi connectivity index (χ2n) is 2.87. The molecule has 1 aromatic rings. The lowest BCUT2D eigenvalue weighted by atomic mass is 10.2. The SMILES string of the molecule is O=S(=O)(O)CCc1ccc(Cl)c(Cl)c1Cl. The van der Waals surface area contributed by atoms with E-state index in [1.807, 2.05) is 0 Å².